The van der Waals surface area contributed by atoms with E-state index in [-0.39, 0.29) is 11.7 Å². The summed E-state index contributed by atoms with van der Waals surface area (Å²) in [5.41, 5.74) is 2.58. The number of rotatable bonds is 6. The van der Waals surface area contributed by atoms with Gasteiger partial charge in [-0.15, -0.1) is 0 Å². The number of halogens is 1. The van der Waals surface area contributed by atoms with E-state index in [0.29, 0.717) is 24.8 Å². The van der Waals surface area contributed by atoms with Gasteiger partial charge in [-0.2, -0.15) is 0 Å². The average molecular weight is 407 g/mol. The minimum atomic E-state index is -0.0508. The summed E-state index contributed by atoms with van der Waals surface area (Å²) in [6.45, 7) is 1.97. The van der Waals surface area contributed by atoms with E-state index in [2.05, 4.69) is 27.9 Å². The van der Waals surface area contributed by atoms with Crippen LogP contribution >= 0.6 is 22.6 Å². The minimum absolute atomic E-state index is 0.0508. The van der Waals surface area contributed by atoms with Gasteiger partial charge in [0.1, 0.15) is 0 Å². The lowest BCUT2D eigenvalue weighted by Gasteiger charge is -2.08. The quantitative estimate of drug-likeness (QED) is 0.563. The second-order valence-electron chi connectivity index (χ2n) is 5.15. The Bertz CT molecular complexity index is 668. The van der Waals surface area contributed by atoms with Gasteiger partial charge in [0.25, 0.3) is 0 Å². The molecular weight excluding hydrogens is 389 g/mol. The molecule has 0 fully saturated rings. The fourth-order valence-electron chi connectivity index (χ4n) is 2.16. The average Bonchev–Trinajstić information content (AvgIpc) is 2.51. The number of carbonyl (C=O) groups is 2. The van der Waals surface area contributed by atoms with E-state index in [4.69, 9.17) is 0 Å². The van der Waals surface area contributed by atoms with Crippen molar-refractivity contribution in [2.24, 2.45) is 0 Å². The van der Waals surface area contributed by atoms with E-state index in [0.717, 1.165) is 14.8 Å². The van der Waals surface area contributed by atoms with E-state index < -0.39 is 0 Å². The molecule has 0 aliphatic carbocycles. The molecule has 2 aromatic carbocycles. The van der Waals surface area contributed by atoms with Crippen LogP contribution in [0.25, 0.3) is 0 Å². The van der Waals surface area contributed by atoms with Crippen molar-refractivity contribution in [2.45, 2.75) is 26.2 Å². The van der Waals surface area contributed by atoms with Crippen molar-refractivity contribution in [2.75, 3.05) is 5.32 Å². The predicted molar refractivity (Wildman–Crippen MR) is 97.1 cm³/mol. The second-order valence-corrected chi connectivity index (χ2v) is 6.40. The number of hydrogen-bond donors (Lipinski definition) is 1. The number of benzene rings is 2. The molecule has 0 unspecified atom stereocenters. The fourth-order valence-corrected chi connectivity index (χ4v) is 2.80. The van der Waals surface area contributed by atoms with Crippen LogP contribution in [0.15, 0.2) is 48.5 Å². The van der Waals surface area contributed by atoms with Crippen LogP contribution in [0.2, 0.25) is 0 Å². The molecule has 22 heavy (non-hydrogen) atoms. The van der Waals surface area contributed by atoms with Gasteiger partial charge in [0.05, 0.1) is 0 Å². The van der Waals surface area contributed by atoms with Crippen LogP contribution in [0, 0.1) is 10.5 Å². The van der Waals surface area contributed by atoms with Gasteiger partial charge < -0.3 is 5.32 Å². The number of ketones is 1. The van der Waals surface area contributed by atoms with Crippen LogP contribution in [-0.2, 0) is 4.79 Å². The Morgan fingerprint density at radius 1 is 1.05 bits per heavy atom. The van der Waals surface area contributed by atoms with Crippen LogP contribution in [0.1, 0.15) is 35.2 Å². The smallest absolute Gasteiger partial charge is 0.224 e. The summed E-state index contributed by atoms with van der Waals surface area (Å²) in [5, 5.41) is 2.90. The van der Waals surface area contributed by atoms with Crippen LogP contribution in [0.4, 0.5) is 5.69 Å². The third-order valence-electron chi connectivity index (χ3n) is 3.37. The number of aryl methyl sites for hydroxylation is 1. The zero-order valence-corrected chi connectivity index (χ0v) is 14.6. The molecule has 0 atom stereocenters. The maximum Gasteiger partial charge on any atom is 0.224 e. The number of amides is 1. The predicted octanol–water partition coefficient (Wildman–Crippen LogP) is 4.59. The molecule has 4 heteroatoms. The SMILES string of the molecule is Cc1cc(I)ccc1NC(=O)CCCC(=O)c1ccccc1. The molecule has 0 saturated carbocycles. The van der Waals surface area contributed by atoms with Crippen LogP contribution in [0.3, 0.4) is 0 Å². The zero-order valence-electron chi connectivity index (χ0n) is 12.4. The first-order valence-electron chi connectivity index (χ1n) is 7.20. The van der Waals surface area contributed by atoms with Gasteiger partial charge in [-0.3, -0.25) is 9.59 Å². The molecule has 2 aromatic rings. The van der Waals surface area contributed by atoms with Gasteiger partial charge in [-0.05, 0) is 59.7 Å². The molecule has 114 valence electrons. The highest BCUT2D eigenvalue weighted by Crippen LogP contribution is 2.18. The largest absolute Gasteiger partial charge is 0.326 e. The lowest BCUT2D eigenvalue weighted by atomic mass is 10.1. The second kappa shape index (κ2) is 8.08. The highest BCUT2D eigenvalue weighted by molar-refractivity contribution is 14.1. The molecule has 3 nitrogen and oxygen atoms in total. The summed E-state index contributed by atoms with van der Waals surface area (Å²) in [6.07, 6.45) is 1.30. The van der Waals surface area contributed by atoms with Crippen LogP contribution < -0.4 is 5.32 Å². The van der Waals surface area contributed by atoms with Crippen molar-refractivity contribution >= 4 is 40.0 Å². The molecule has 2 rings (SSSR count). The lowest BCUT2D eigenvalue weighted by Crippen LogP contribution is -2.13. The summed E-state index contributed by atoms with van der Waals surface area (Å²) in [7, 11) is 0. The first kappa shape index (κ1) is 16.7. The zero-order chi connectivity index (χ0) is 15.9. The van der Waals surface area contributed by atoms with E-state index in [1.807, 2.05) is 43.3 Å². The minimum Gasteiger partial charge on any atom is -0.326 e. The summed E-state index contributed by atoms with van der Waals surface area (Å²) in [6, 6.07) is 15.1. The molecule has 0 aromatic heterocycles. The highest BCUT2D eigenvalue weighted by atomic mass is 127. The summed E-state index contributed by atoms with van der Waals surface area (Å²) in [5.74, 6) is 0.0315. The Hall–Kier alpha value is -1.69. The van der Waals surface area contributed by atoms with E-state index in [1.165, 1.54) is 0 Å². The van der Waals surface area contributed by atoms with Crippen LogP contribution in [-0.4, -0.2) is 11.7 Å². The molecule has 1 N–H and O–H groups in total. The van der Waals surface area contributed by atoms with Gasteiger partial charge in [0, 0.05) is 27.7 Å². The molecule has 0 spiro atoms. The molecule has 0 aliphatic rings. The lowest BCUT2D eigenvalue weighted by molar-refractivity contribution is -0.116. The van der Waals surface area contributed by atoms with Crippen LogP contribution in [0.5, 0.6) is 0 Å². The molecule has 0 bridgehead atoms. The Morgan fingerprint density at radius 2 is 1.77 bits per heavy atom. The maximum atomic E-state index is 11.9. The Morgan fingerprint density at radius 3 is 2.45 bits per heavy atom. The normalized spacial score (nSPS) is 10.3. The van der Waals surface area contributed by atoms with Gasteiger partial charge in [-0.1, -0.05) is 30.3 Å². The number of carbonyl (C=O) groups excluding carboxylic acids is 2. The maximum absolute atomic E-state index is 11.9. The number of nitrogens with one attached hydrogen (secondary N) is 1. The molecular formula is C18H18INO2. The third kappa shape index (κ3) is 4.94. The Kier molecular flexibility index (Phi) is 6.12. The van der Waals surface area contributed by atoms with Gasteiger partial charge in [0.15, 0.2) is 5.78 Å². The first-order valence-corrected chi connectivity index (χ1v) is 8.28. The van der Waals surface area contributed by atoms with Gasteiger partial charge in [0.2, 0.25) is 5.91 Å². The van der Waals surface area contributed by atoms with Crippen molar-refractivity contribution in [3.8, 4) is 0 Å². The standard InChI is InChI=1S/C18H18INO2/c1-13-12-15(19)10-11-16(13)20-18(22)9-5-8-17(21)14-6-3-2-4-7-14/h2-4,6-7,10-12H,5,8-9H2,1H3,(H,20,22). The van der Waals surface area contributed by atoms with Gasteiger partial charge in [-0.25, -0.2) is 0 Å². The van der Waals surface area contributed by atoms with Crippen molar-refractivity contribution in [3.05, 3.63) is 63.2 Å². The first-order chi connectivity index (χ1) is 10.6. The fraction of sp³-hybridized carbons (Fsp3) is 0.222. The van der Waals surface area contributed by atoms with E-state index in [1.54, 1.807) is 12.1 Å². The summed E-state index contributed by atoms with van der Waals surface area (Å²) < 4.78 is 1.14. The van der Waals surface area contributed by atoms with Crippen molar-refractivity contribution < 1.29 is 9.59 Å². The molecule has 1 amide bonds. The van der Waals surface area contributed by atoms with E-state index >= 15 is 0 Å². The molecule has 0 aliphatic heterocycles. The molecule has 0 radical (unpaired) electrons. The van der Waals surface area contributed by atoms with E-state index in [9.17, 15) is 9.59 Å². The molecule has 0 saturated heterocycles. The number of Topliss-reactive ketones (excluding diaryl/α,β-unsaturated/α-hetero) is 1. The number of hydrogen-bond acceptors (Lipinski definition) is 2. The number of anilines is 1. The third-order valence-corrected chi connectivity index (χ3v) is 4.04. The summed E-state index contributed by atoms with van der Waals surface area (Å²) >= 11 is 2.24. The monoisotopic (exact) mass is 407 g/mol. The molecule has 0 heterocycles. The van der Waals surface area contributed by atoms with Gasteiger partial charge >= 0.3 is 0 Å². The Balaban J connectivity index is 1.80. The highest BCUT2D eigenvalue weighted by Gasteiger charge is 2.08. The van der Waals surface area contributed by atoms with Crippen molar-refractivity contribution in [1.29, 1.82) is 0 Å². The van der Waals surface area contributed by atoms with Crippen molar-refractivity contribution in [3.63, 3.8) is 0 Å². The summed E-state index contributed by atoms with van der Waals surface area (Å²) in [4.78, 5) is 23.9. The Labute approximate surface area is 144 Å². The van der Waals surface area contributed by atoms with Crippen molar-refractivity contribution in [1.82, 2.24) is 0 Å². The topological polar surface area (TPSA) is 46.2 Å².